The summed E-state index contributed by atoms with van der Waals surface area (Å²) in [6.07, 6.45) is 1.64. The van der Waals surface area contributed by atoms with Crippen LogP contribution in [0.2, 0.25) is 0 Å². The minimum atomic E-state index is -0.305. The lowest BCUT2D eigenvalue weighted by molar-refractivity contribution is -0.142. The Kier molecular flexibility index (Phi) is 4.93. The molecule has 1 saturated heterocycles. The zero-order valence-corrected chi connectivity index (χ0v) is 10.9. The van der Waals surface area contributed by atoms with Crippen LogP contribution in [0.15, 0.2) is 0 Å². The van der Waals surface area contributed by atoms with E-state index in [1.54, 1.807) is 11.9 Å². The molecule has 1 rings (SSSR count). The number of nitrogens with two attached hydrogens (primary N) is 1. The van der Waals surface area contributed by atoms with Crippen molar-refractivity contribution in [3.8, 4) is 0 Å². The Morgan fingerprint density at radius 2 is 2.12 bits per heavy atom. The molecule has 0 radical (unpaired) electrons. The largest absolute Gasteiger partial charge is 0.357 e. The van der Waals surface area contributed by atoms with Gasteiger partial charge in [-0.1, -0.05) is 13.8 Å². The van der Waals surface area contributed by atoms with Gasteiger partial charge in [-0.2, -0.15) is 0 Å². The molecule has 0 unspecified atom stereocenters. The van der Waals surface area contributed by atoms with Gasteiger partial charge < -0.3 is 16.0 Å². The van der Waals surface area contributed by atoms with E-state index in [9.17, 15) is 9.59 Å². The Balaban J connectivity index is 2.76. The zero-order chi connectivity index (χ0) is 13.0. The summed E-state index contributed by atoms with van der Waals surface area (Å²) < 4.78 is 0. The normalized spacial score (nSPS) is 21.7. The highest BCUT2D eigenvalue weighted by molar-refractivity contribution is 5.89. The minimum absolute atomic E-state index is 0.0219. The molecular weight excluding hydrogens is 218 g/mol. The lowest BCUT2D eigenvalue weighted by Crippen LogP contribution is -2.49. The van der Waals surface area contributed by atoms with E-state index in [1.807, 2.05) is 13.8 Å². The van der Waals surface area contributed by atoms with Crippen LogP contribution in [0.1, 0.15) is 26.7 Å². The number of rotatable bonds is 4. The van der Waals surface area contributed by atoms with Gasteiger partial charge in [0.2, 0.25) is 11.8 Å². The standard InChI is InChI=1S/C12H23N3O2/c1-8(2)9(7-13)12(17)15-6-4-5-10(15)11(16)14-3/h8-10H,4-7,13H2,1-3H3,(H,14,16)/t9-,10+/m0/s1. The molecule has 2 amide bonds. The summed E-state index contributed by atoms with van der Waals surface area (Å²) in [6, 6.07) is -0.305. The SMILES string of the molecule is CNC(=O)[C@H]1CCCN1C(=O)[C@@H](CN)C(C)C. The fourth-order valence-electron chi connectivity index (χ4n) is 2.34. The number of nitrogens with zero attached hydrogens (tertiary/aromatic N) is 1. The maximum Gasteiger partial charge on any atom is 0.242 e. The molecule has 2 atom stereocenters. The molecule has 1 fully saturated rings. The van der Waals surface area contributed by atoms with E-state index in [1.165, 1.54) is 0 Å². The topological polar surface area (TPSA) is 75.4 Å². The average Bonchev–Trinajstić information content (AvgIpc) is 2.77. The summed E-state index contributed by atoms with van der Waals surface area (Å²) in [5.41, 5.74) is 5.65. The monoisotopic (exact) mass is 241 g/mol. The number of likely N-dealkylation sites (N-methyl/N-ethyl adjacent to an activating group) is 1. The van der Waals surface area contributed by atoms with Gasteiger partial charge in [0, 0.05) is 20.1 Å². The van der Waals surface area contributed by atoms with Gasteiger partial charge in [0.05, 0.1) is 5.92 Å². The van der Waals surface area contributed by atoms with E-state index in [0.717, 1.165) is 12.8 Å². The summed E-state index contributed by atoms with van der Waals surface area (Å²) in [5, 5.41) is 2.61. The highest BCUT2D eigenvalue weighted by atomic mass is 16.2. The minimum Gasteiger partial charge on any atom is -0.357 e. The van der Waals surface area contributed by atoms with Gasteiger partial charge in [0.15, 0.2) is 0 Å². The van der Waals surface area contributed by atoms with Crippen LogP contribution in [0.5, 0.6) is 0 Å². The van der Waals surface area contributed by atoms with Crippen molar-refractivity contribution in [2.75, 3.05) is 20.1 Å². The second-order valence-corrected chi connectivity index (χ2v) is 4.89. The Bertz CT molecular complexity index is 291. The molecule has 5 heteroatoms. The first-order chi connectivity index (χ1) is 8.02. The van der Waals surface area contributed by atoms with Crippen molar-refractivity contribution in [1.29, 1.82) is 0 Å². The Hall–Kier alpha value is -1.10. The van der Waals surface area contributed by atoms with Crippen LogP contribution in [-0.2, 0) is 9.59 Å². The number of likely N-dealkylation sites (tertiary alicyclic amines) is 1. The fourth-order valence-corrected chi connectivity index (χ4v) is 2.34. The predicted octanol–water partition coefficient (Wildman–Crippen LogP) is -0.0457. The third-order valence-electron chi connectivity index (χ3n) is 3.46. The summed E-state index contributed by atoms with van der Waals surface area (Å²) in [6.45, 7) is 4.98. The Morgan fingerprint density at radius 1 is 1.47 bits per heavy atom. The van der Waals surface area contributed by atoms with E-state index in [0.29, 0.717) is 13.1 Å². The lowest BCUT2D eigenvalue weighted by Gasteiger charge is -2.29. The van der Waals surface area contributed by atoms with Crippen molar-refractivity contribution in [3.63, 3.8) is 0 Å². The molecule has 0 aromatic rings. The number of amides is 2. The van der Waals surface area contributed by atoms with Crippen LogP contribution in [0.25, 0.3) is 0 Å². The van der Waals surface area contributed by atoms with Crippen molar-refractivity contribution in [2.24, 2.45) is 17.6 Å². The van der Waals surface area contributed by atoms with E-state index in [2.05, 4.69) is 5.32 Å². The highest BCUT2D eigenvalue weighted by Crippen LogP contribution is 2.22. The first-order valence-electron chi connectivity index (χ1n) is 6.25. The number of carbonyl (C=O) groups excluding carboxylic acids is 2. The third-order valence-corrected chi connectivity index (χ3v) is 3.46. The van der Waals surface area contributed by atoms with Crippen LogP contribution in [0, 0.1) is 11.8 Å². The molecule has 0 saturated carbocycles. The summed E-state index contributed by atoms with van der Waals surface area (Å²) in [4.78, 5) is 25.7. The molecule has 1 aliphatic rings. The van der Waals surface area contributed by atoms with Gasteiger partial charge in [0.25, 0.3) is 0 Å². The van der Waals surface area contributed by atoms with E-state index in [-0.39, 0.29) is 29.7 Å². The van der Waals surface area contributed by atoms with E-state index in [4.69, 9.17) is 5.73 Å². The summed E-state index contributed by atoms with van der Waals surface area (Å²) in [7, 11) is 1.60. The van der Waals surface area contributed by atoms with Crippen LogP contribution in [-0.4, -0.2) is 42.9 Å². The third kappa shape index (κ3) is 2.97. The molecule has 1 aliphatic heterocycles. The van der Waals surface area contributed by atoms with Gasteiger partial charge in [-0.15, -0.1) is 0 Å². The van der Waals surface area contributed by atoms with Gasteiger partial charge in [-0.05, 0) is 18.8 Å². The van der Waals surface area contributed by atoms with Crippen molar-refractivity contribution in [2.45, 2.75) is 32.7 Å². The van der Waals surface area contributed by atoms with E-state index >= 15 is 0 Å². The summed E-state index contributed by atoms with van der Waals surface area (Å²) in [5.74, 6) is -0.0253. The quantitative estimate of drug-likeness (QED) is 0.725. The van der Waals surface area contributed by atoms with Gasteiger partial charge in [-0.3, -0.25) is 9.59 Å². The number of hydrogen-bond acceptors (Lipinski definition) is 3. The van der Waals surface area contributed by atoms with Gasteiger partial charge >= 0.3 is 0 Å². The Morgan fingerprint density at radius 3 is 2.59 bits per heavy atom. The molecule has 1 heterocycles. The van der Waals surface area contributed by atoms with Crippen LogP contribution < -0.4 is 11.1 Å². The molecule has 3 N–H and O–H groups in total. The summed E-state index contributed by atoms with van der Waals surface area (Å²) >= 11 is 0. The Labute approximate surface area is 103 Å². The lowest BCUT2D eigenvalue weighted by atomic mass is 9.94. The molecule has 0 aromatic carbocycles. The molecule has 0 bridgehead atoms. The van der Waals surface area contributed by atoms with Crippen molar-refractivity contribution < 1.29 is 9.59 Å². The number of hydrogen-bond donors (Lipinski definition) is 2. The first kappa shape index (κ1) is 14.0. The smallest absolute Gasteiger partial charge is 0.242 e. The maximum atomic E-state index is 12.3. The average molecular weight is 241 g/mol. The molecule has 0 aliphatic carbocycles. The zero-order valence-electron chi connectivity index (χ0n) is 10.9. The fraction of sp³-hybridized carbons (Fsp3) is 0.833. The van der Waals surface area contributed by atoms with Crippen molar-refractivity contribution in [3.05, 3.63) is 0 Å². The molecule has 5 nitrogen and oxygen atoms in total. The van der Waals surface area contributed by atoms with Gasteiger partial charge in [-0.25, -0.2) is 0 Å². The molecule has 98 valence electrons. The second kappa shape index (κ2) is 6.00. The van der Waals surface area contributed by atoms with E-state index < -0.39 is 0 Å². The number of carbonyl (C=O) groups is 2. The molecule has 0 aromatic heterocycles. The maximum absolute atomic E-state index is 12.3. The molecular formula is C12H23N3O2. The molecule has 0 spiro atoms. The van der Waals surface area contributed by atoms with Gasteiger partial charge in [0.1, 0.15) is 6.04 Å². The number of nitrogens with one attached hydrogen (secondary N) is 1. The highest BCUT2D eigenvalue weighted by Gasteiger charge is 2.36. The van der Waals surface area contributed by atoms with Crippen LogP contribution >= 0.6 is 0 Å². The first-order valence-corrected chi connectivity index (χ1v) is 6.25. The van der Waals surface area contributed by atoms with Crippen LogP contribution in [0.4, 0.5) is 0 Å². The van der Waals surface area contributed by atoms with Crippen LogP contribution in [0.3, 0.4) is 0 Å². The molecule has 17 heavy (non-hydrogen) atoms. The second-order valence-electron chi connectivity index (χ2n) is 4.89. The predicted molar refractivity (Wildman–Crippen MR) is 66.2 cm³/mol. The van der Waals surface area contributed by atoms with Crippen molar-refractivity contribution in [1.82, 2.24) is 10.2 Å². The van der Waals surface area contributed by atoms with Crippen molar-refractivity contribution >= 4 is 11.8 Å².